The van der Waals surface area contributed by atoms with Crippen molar-refractivity contribution in [1.82, 2.24) is 15.1 Å². The van der Waals surface area contributed by atoms with Gasteiger partial charge < -0.3 is 11.1 Å². The predicted molar refractivity (Wildman–Crippen MR) is 81.2 cm³/mol. The van der Waals surface area contributed by atoms with E-state index in [4.69, 9.17) is 5.73 Å². The van der Waals surface area contributed by atoms with Crippen LogP contribution in [0.15, 0.2) is 6.07 Å². The molecule has 5 nitrogen and oxygen atoms in total. The molecule has 2 heterocycles. The first-order chi connectivity index (χ1) is 8.34. The van der Waals surface area contributed by atoms with Gasteiger partial charge >= 0.3 is 0 Å². The molecule has 0 radical (unpaired) electrons. The van der Waals surface area contributed by atoms with Crippen LogP contribution < -0.4 is 11.1 Å². The summed E-state index contributed by atoms with van der Waals surface area (Å²) in [5, 5.41) is 8.29. The third-order valence-electron chi connectivity index (χ3n) is 2.88. The van der Waals surface area contributed by atoms with E-state index in [1.807, 2.05) is 33.9 Å². The Hall–Kier alpha value is -1.11. The van der Waals surface area contributed by atoms with E-state index in [1.165, 1.54) is 11.3 Å². The lowest BCUT2D eigenvalue weighted by Crippen LogP contribution is -2.48. The molecule has 7 heteroatoms. The molecule has 2 aromatic rings. The second kappa shape index (κ2) is 5.48. The van der Waals surface area contributed by atoms with E-state index in [1.54, 1.807) is 4.68 Å². The highest BCUT2D eigenvalue weighted by atomic mass is 35.5. The van der Waals surface area contributed by atoms with Crippen molar-refractivity contribution in [2.75, 3.05) is 6.54 Å². The topological polar surface area (TPSA) is 72.9 Å². The minimum atomic E-state index is -0.388. The van der Waals surface area contributed by atoms with Crippen LogP contribution in [0, 0.1) is 6.92 Å². The number of aryl methyl sites for hydroxylation is 2. The first-order valence-electron chi connectivity index (χ1n) is 5.80. The van der Waals surface area contributed by atoms with E-state index in [0.717, 1.165) is 15.9 Å². The smallest absolute Gasteiger partial charge is 0.261 e. The highest BCUT2D eigenvalue weighted by molar-refractivity contribution is 7.20. The zero-order valence-corrected chi connectivity index (χ0v) is 13.1. The normalized spacial score (nSPS) is 11.4. The van der Waals surface area contributed by atoms with Crippen LogP contribution >= 0.6 is 23.7 Å². The zero-order valence-electron chi connectivity index (χ0n) is 11.5. The summed E-state index contributed by atoms with van der Waals surface area (Å²) < 4.78 is 1.81. The van der Waals surface area contributed by atoms with Crippen LogP contribution in [0.4, 0.5) is 0 Å². The molecule has 0 saturated heterocycles. The van der Waals surface area contributed by atoms with Gasteiger partial charge in [-0.3, -0.25) is 9.48 Å². The fraction of sp³-hybridized carbons (Fsp3) is 0.500. The van der Waals surface area contributed by atoms with Gasteiger partial charge in [0, 0.05) is 24.5 Å². The zero-order chi connectivity index (χ0) is 13.5. The Morgan fingerprint density at radius 2 is 2.21 bits per heavy atom. The monoisotopic (exact) mass is 302 g/mol. The van der Waals surface area contributed by atoms with Crippen LogP contribution in [0.2, 0.25) is 0 Å². The minimum Gasteiger partial charge on any atom is -0.345 e. The molecule has 3 N–H and O–H groups in total. The number of aromatic nitrogens is 2. The Kier molecular flexibility index (Phi) is 4.60. The summed E-state index contributed by atoms with van der Waals surface area (Å²) in [6, 6.07) is 1.89. The van der Waals surface area contributed by atoms with E-state index >= 15 is 0 Å². The molecule has 2 aromatic heterocycles. The fourth-order valence-corrected chi connectivity index (χ4v) is 2.76. The molecule has 0 bridgehead atoms. The molecule has 0 fully saturated rings. The lowest BCUT2D eigenvalue weighted by Gasteiger charge is -2.23. The van der Waals surface area contributed by atoms with Crippen LogP contribution in [0.1, 0.15) is 29.2 Å². The average molecular weight is 303 g/mol. The van der Waals surface area contributed by atoms with Gasteiger partial charge in [-0.05, 0) is 26.8 Å². The summed E-state index contributed by atoms with van der Waals surface area (Å²) >= 11 is 1.45. The number of rotatable bonds is 3. The van der Waals surface area contributed by atoms with Gasteiger partial charge in [-0.2, -0.15) is 5.10 Å². The molecule has 1 amide bonds. The first kappa shape index (κ1) is 15.9. The Bertz CT molecular complexity index is 568. The molecule has 106 valence electrons. The number of amides is 1. The molecule has 0 aliphatic carbocycles. The van der Waals surface area contributed by atoms with Gasteiger partial charge in [-0.15, -0.1) is 23.7 Å². The van der Waals surface area contributed by atoms with Gasteiger partial charge in [-0.25, -0.2) is 0 Å². The van der Waals surface area contributed by atoms with Crippen molar-refractivity contribution in [2.45, 2.75) is 26.3 Å². The molecular formula is C12H19ClN4OS. The number of nitrogens with two attached hydrogens (primary N) is 1. The Balaban J connectivity index is 0.00000180. The molecule has 0 spiro atoms. The number of carbonyl (C=O) groups excluding carboxylic acids is 1. The molecule has 0 unspecified atom stereocenters. The van der Waals surface area contributed by atoms with Gasteiger partial charge in [0.1, 0.15) is 4.83 Å². The standard InChI is InChI=1S/C12H18N4OS.ClH/c1-7-8-5-9(18-11(8)16(4)15-7)10(17)14-12(2,3)6-13;/h5H,6,13H2,1-4H3,(H,14,17);1H. The van der Waals surface area contributed by atoms with Gasteiger partial charge in [0.2, 0.25) is 0 Å². The van der Waals surface area contributed by atoms with Crippen molar-refractivity contribution >= 4 is 39.9 Å². The summed E-state index contributed by atoms with van der Waals surface area (Å²) in [7, 11) is 1.89. The number of nitrogens with one attached hydrogen (secondary N) is 1. The van der Waals surface area contributed by atoms with E-state index in [-0.39, 0.29) is 23.9 Å². The van der Waals surface area contributed by atoms with Crippen molar-refractivity contribution in [2.24, 2.45) is 12.8 Å². The van der Waals surface area contributed by atoms with Gasteiger partial charge in [0.25, 0.3) is 5.91 Å². The fourth-order valence-electron chi connectivity index (χ4n) is 1.74. The molecular weight excluding hydrogens is 284 g/mol. The largest absolute Gasteiger partial charge is 0.345 e. The van der Waals surface area contributed by atoms with E-state index in [0.29, 0.717) is 11.4 Å². The summed E-state index contributed by atoms with van der Waals surface area (Å²) in [5.41, 5.74) is 6.17. The van der Waals surface area contributed by atoms with Crippen molar-refractivity contribution in [1.29, 1.82) is 0 Å². The van der Waals surface area contributed by atoms with Gasteiger partial charge in [-0.1, -0.05) is 0 Å². The van der Waals surface area contributed by atoms with Crippen molar-refractivity contribution in [3.8, 4) is 0 Å². The highest BCUT2D eigenvalue weighted by Crippen LogP contribution is 2.27. The number of fused-ring (bicyclic) bond motifs is 1. The third-order valence-corrected chi connectivity index (χ3v) is 4.08. The SMILES string of the molecule is Cc1nn(C)c2sc(C(=O)NC(C)(C)CN)cc12.Cl. The van der Waals surface area contributed by atoms with Gasteiger partial charge in [0.05, 0.1) is 10.6 Å². The highest BCUT2D eigenvalue weighted by Gasteiger charge is 2.21. The van der Waals surface area contributed by atoms with Crippen LogP contribution in [0.3, 0.4) is 0 Å². The average Bonchev–Trinajstić information content (AvgIpc) is 2.82. The Morgan fingerprint density at radius 1 is 1.58 bits per heavy atom. The number of thiophene rings is 1. The summed E-state index contributed by atoms with van der Waals surface area (Å²) in [4.78, 5) is 13.8. The summed E-state index contributed by atoms with van der Waals surface area (Å²) in [6.07, 6.45) is 0. The van der Waals surface area contributed by atoms with E-state index in [2.05, 4.69) is 10.4 Å². The molecule has 0 atom stereocenters. The predicted octanol–water partition coefficient (Wildman–Crippen LogP) is 1.83. The Morgan fingerprint density at radius 3 is 2.74 bits per heavy atom. The number of halogens is 1. The first-order valence-corrected chi connectivity index (χ1v) is 6.61. The summed E-state index contributed by atoms with van der Waals surface area (Å²) in [5.74, 6) is -0.0777. The van der Waals surface area contributed by atoms with Crippen LogP contribution in [-0.4, -0.2) is 27.8 Å². The lowest BCUT2D eigenvalue weighted by atomic mass is 10.1. The number of carbonyl (C=O) groups is 1. The maximum atomic E-state index is 12.1. The Labute approximate surface area is 122 Å². The second-order valence-corrected chi connectivity index (χ2v) is 6.11. The van der Waals surface area contributed by atoms with Gasteiger partial charge in [0.15, 0.2) is 0 Å². The minimum absolute atomic E-state index is 0. The van der Waals surface area contributed by atoms with Crippen molar-refractivity contribution in [3.63, 3.8) is 0 Å². The van der Waals surface area contributed by atoms with E-state index in [9.17, 15) is 4.79 Å². The third kappa shape index (κ3) is 3.08. The maximum Gasteiger partial charge on any atom is 0.261 e. The molecule has 0 aliphatic rings. The molecule has 0 aliphatic heterocycles. The van der Waals surface area contributed by atoms with Crippen LogP contribution in [0.5, 0.6) is 0 Å². The number of nitrogens with zero attached hydrogens (tertiary/aromatic N) is 2. The quantitative estimate of drug-likeness (QED) is 0.908. The van der Waals surface area contributed by atoms with Crippen LogP contribution in [0.25, 0.3) is 10.2 Å². The maximum absolute atomic E-state index is 12.1. The summed E-state index contributed by atoms with van der Waals surface area (Å²) in [6.45, 7) is 6.17. The van der Waals surface area contributed by atoms with Crippen molar-refractivity contribution in [3.05, 3.63) is 16.6 Å². The number of hydrogen-bond acceptors (Lipinski definition) is 4. The van der Waals surface area contributed by atoms with Crippen molar-refractivity contribution < 1.29 is 4.79 Å². The molecule has 0 saturated carbocycles. The van der Waals surface area contributed by atoms with E-state index < -0.39 is 0 Å². The number of hydrogen-bond donors (Lipinski definition) is 2. The van der Waals surface area contributed by atoms with Crippen LogP contribution in [-0.2, 0) is 7.05 Å². The lowest BCUT2D eigenvalue weighted by molar-refractivity contribution is 0.0920. The molecule has 19 heavy (non-hydrogen) atoms. The molecule has 2 rings (SSSR count). The second-order valence-electron chi connectivity index (χ2n) is 5.08. The molecule has 0 aromatic carbocycles.